The number of methoxy groups -OCH3 is 2. The van der Waals surface area contributed by atoms with Gasteiger partial charge in [0.1, 0.15) is 6.04 Å². The van der Waals surface area contributed by atoms with Gasteiger partial charge in [-0.25, -0.2) is 0 Å². The fraction of sp³-hybridized carbons (Fsp3) is 0.333. The molecule has 2 amide bonds. The van der Waals surface area contributed by atoms with Gasteiger partial charge < -0.3 is 23.7 Å². The van der Waals surface area contributed by atoms with Crippen molar-refractivity contribution in [3.8, 4) is 11.5 Å². The first-order chi connectivity index (χ1) is 12.1. The highest BCUT2D eigenvalue weighted by Gasteiger charge is 2.36. The molecule has 1 aromatic carbocycles. The Hall–Kier alpha value is -2.96. The first kappa shape index (κ1) is 16.9. The molecular weight excluding hydrogens is 324 g/mol. The van der Waals surface area contributed by atoms with E-state index in [2.05, 4.69) is 0 Å². The summed E-state index contributed by atoms with van der Waals surface area (Å²) in [5.41, 5.74) is 0.708. The van der Waals surface area contributed by atoms with Crippen LogP contribution < -0.4 is 14.4 Å². The molecule has 0 bridgehead atoms. The quantitative estimate of drug-likeness (QED) is 0.850. The molecule has 0 N–H and O–H groups in total. The van der Waals surface area contributed by atoms with Crippen molar-refractivity contribution in [1.82, 2.24) is 4.90 Å². The molecule has 0 spiro atoms. The van der Waals surface area contributed by atoms with E-state index in [4.69, 9.17) is 13.9 Å². The third-order valence-electron chi connectivity index (χ3n) is 4.33. The Balaban J connectivity index is 1.81. The lowest BCUT2D eigenvalue weighted by Crippen LogP contribution is -2.57. The summed E-state index contributed by atoms with van der Waals surface area (Å²) >= 11 is 0. The smallest absolute Gasteiger partial charge is 0.290 e. The highest BCUT2D eigenvalue weighted by molar-refractivity contribution is 6.02. The van der Waals surface area contributed by atoms with Gasteiger partial charge in [-0.2, -0.15) is 0 Å². The lowest BCUT2D eigenvalue weighted by atomic mass is 10.1. The van der Waals surface area contributed by atoms with E-state index in [-0.39, 0.29) is 17.6 Å². The molecule has 7 heteroatoms. The summed E-state index contributed by atoms with van der Waals surface area (Å²) in [4.78, 5) is 28.4. The van der Waals surface area contributed by atoms with E-state index in [1.54, 1.807) is 56.4 Å². The Bertz CT molecular complexity index is 772. The van der Waals surface area contributed by atoms with Gasteiger partial charge in [0.15, 0.2) is 17.3 Å². The average Bonchev–Trinajstić information content (AvgIpc) is 3.17. The zero-order chi connectivity index (χ0) is 18.0. The molecule has 3 rings (SSSR count). The molecule has 7 nitrogen and oxygen atoms in total. The van der Waals surface area contributed by atoms with Gasteiger partial charge in [-0.3, -0.25) is 9.59 Å². The van der Waals surface area contributed by atoms with Gasteiger partial charge in [0.25, 0.3) is 5.91 Å². The van der Waals surface area contributed by atoms with Gasteiger partial charge in [-0.05, 0) is 31.2 Å². The number of carbonyl (C=O) groups excluding carboxylic acids is 2. The lowest BCUT2D eigenvalue weighted by molar-refractivity contribution is -0.124. The van der Waals surface area contributed by atoms with Crippen LogP contribution in [0, 0.1) is 0 Å². The molecular formula is C18H20N2O5. The molecule has 1 aliphatic heterocycles. The van der Waals surface area contributed by atoms with Crippen LogP contribution in [0.25, 0.3) is 0 Å². The van der Waals surface area contributed by atoms with E-state index in [1.807, 2.05) is 0 Å². The Labute approximate surface area is 145 Å². The maximum atomic E-state index is 12.8. The van der Waals surface area contributed by atoms with Gasteiger partial charge in [-0.1, -0.05) is 0 Å². The number of rotatable bonds is 4. The number of piperazine rings is 1. The minimum absolute atomic E-state index is 0.154. The van der Waals surface area contributed by atoms with E-state index in [1.165, 1.54) is 11.2 Å². The van der Waals surface area contributed by atoms with Crippen LogP contribution in [-0.2, 0) is 4.79 Å². The van der Waals surface area contributed by atoms with Crippen molar-refractivity contribution >= 4 is 17.5 Å². The Morgan fingerprint density at radius 1 is 1.16 bits per heavy atom. The first-order valence-electron chi connectivity index (χ1n) is 7.94. The van der Waals surface area contributed by atoms with Gasteiger partial charge in [-0.15, -0.1) is 0 Å². The van der Waals surface area contributed by atoms with Gasteiger partial charge in [0.05, 0.1) is 20.5 Å². The number of nitrogens with zero attached hydrogens (tertiary/aromatic N) is 2. The number of hydrogen-bond acceptors (Lipinski definition) is 5. The molecule has 1 aromatic heterocycles. The summed E-state index contributed by atoms with van der Waals surface area (Å²) in [5, 5.41) is 0. The van der Waals surface area contributed by atoms with Crippen LogP contribution in [0.15, 0.2) is 41.0 Å². The second-order valence-electron chi connectivity index (χ2n) is 5.68. The van der Waals surface area contributed by atoms with Crippen LogP contribution in [0.4, 0.5) is 5.69 Å². The molecule has 1 aliphatic rings. The highest BCUT2D eigenvalue weighted by atomic mass is 16.5. The van der Waals surface area contributed by atoms with Crippen LogP contribution in [0.1, 0.15) is 17.5 Å². The fourth-order valence-electron chi connectivity index (χ4n) is 2.94. The molecule has 1 unspecified atom stereocenters. The summed E-state index contributed by atoms with van der Waals surface area (Å²) in [5.74, 6) is 0.948. The number of hydrogen-bond donors (Lipinski definition) is 0. The molecule has 0 aliphatic carbocycles. The Morgan fingerprint density at radius 2 is 1.92 bits per heavy atom. The summed E-state index contributed by atoms with van der Waals surface area (Å²) in [7, 11) is 3.11. The van der Waals surface area contributed by atoms with E-state index in [9.17, 15) is 9.59 Å². The van der Waals surface area contributed by atoms with Crippen molar-refractivity contribution < 1.29 is 23.5 Å². The average molecular weight is 344 g/mol. The fourth-order valence-corrected chi connectivity index (χ4v) is 2.94. The largest absolute Gasteiger partial charge is 0.493 e. The third kappa shape index (κ3) is 3.05. The minimum atomic E-state index is -0.584. The highest BCUT2D eigenvalue weighted by Crippen LogP contribution is 2.32. The predicted octanol–water partition coefficient (Wildman–Crippen LogP) is 2.17. The molecule has 25 heavy (non-hydrogen) atoms. The summed E-state index contributed by atoms with van der Waals surface area (Å²) in [6, 6.07) is 7.98. The number of ether oxygens (including phenoxy) is 2. The Kier molecular flexibility index (Phi) is 4.65. The second kappa shape index (κ2) is 6.88. The van der Waals surface area contributed by atoms with Crippen LogP contribution in [0.3, 0.4) is 0 Å². The number of anilines is 1. The second-order valence-corrected chi connectivity index (χ2v) is 5.68. The van der Waals surface area contributed by atoms with Crippen molar-refractivity contribution in [2.24, 2.45) is 0 Å². The van der Waals surface area contributed by atoms with E-state index < -0.39 is 6.04 Å². The number of benzene rings is 1. The standard InChI is InChI=1S/C18H20N2O5/c1-12-17(21)20(13-6-7-14(23-2)16(11-13)24-3)9-8-19(12)18(22)15-5-4-10-25-15/h4-7,10-12H,8-9H2,1-3H3. The monoisotopic (exact) mass is 344 g/mol. The van der Waals surface area contributed by atoms with Crippen molar-refractivity contribution in [3.05, 3.63) is 42.4 Å². The Morgan fingerprint density at radius 3 is 2.56 bits per heavy atom. The van der Waals surface area contributed by atoms with Gasteiger partial charge in [0, 0.05) is 24.8 Å². The van der Waals surface area contributed by atoms with E-state index in [0.29, 0.717) is 30.3 Å². The lowest BCUT2D eigenvalue weighted by Gasteiger charge is -2.38. The molecule has 1 atom stereocenters. The van der Waals surface area contributed by atoms with E-state index in [0.717, 1.165) is 0 Å². The zero-order valence-electron chi connectivity index (χ0n) is 14.4. The molecule has 1 fully saturated rings. The van der Waals surface area contributed by atoms with Crippen LogP contribution in [-0.4, -0.2) is 50.1 Å². The number of furan rings is 1. The maximum absolute atomic E-state index is 12.8. The maximum Gasteiger partial charge on any atom is 0.290 e. The van der Waals surface area contributed by atoms with Crippen LogP contribution >= 0.6 is 0 Å². The SMILES string of the molecule is COc1ccc(N2CCN(C(=O)c3ccco3)C(C)C2=O)cc1OC. The number of amides is 2. The van der Waals surface area contributed by atoms with Crippen molar-refractivity contribution in [3.63, 3.8) is 0 Å². The first-order valence-corrected chi connectivity index (χ1v) is 7.94. The predicted molar refractivity (Wildman–Crippen MR) is 91.1 cm³/mol. The van der Waals surface area contributed by atoms with Crippen LogP contribution in [0.2, 0.25) is 0 Å². The summed E-state index contributed by atoms with van der Waals surface area (Å²) in [6.45, 7) is 2.53. The summed E-state index contributed by atoms with van der Waals surface area (Å²) in [6.07, 6.45) is 1.44. The molecule has 0 radical (unpaired) electrons. The van der Waals surface area contributed by atoms with Gasteiger partial charge >= 0.3 is 0 Å². The van der Waals surface area contributed by atoms with Gasteiger partial charge in [0.2, 0.25) is 5.91 Å². The van der Waals surface area contributed by atoms with Crippen molar-refractivity contribution in [2.75, 3.05) is 32.2 Å². The van der Waals surface area contributed by atoms with Crippen LogP contribution in [0.5, 0.6) is 11.5 Å². The zero-order valence-corrected chi connectivity index (χ0v) is 14.4. The summed E-state index contributed by atoms with van der Waals surface area (Å²) < 4.78 is 15.7. The van der Waals surface area contributed by atoms with Crippen molar-refractivity contribution in [1.29, 1.82) is 0 Å². The van der Waals surface area contributed by atoms with Crippen molar-refractivity contribution in [2.45, 2.75) is 13.0 Å². The van der Waals surface area contributed by atoms with E-state index >= 15 is 0 Å². The molecule has 2 heterocycles. The normalized spacial score (nSPS) is 17.6. The minimum Gasteiger partial charge on any atom is -0.493 e. The molecule has 132 valence electrons. The molecule has 2 aromatic rings. The third-order valence-corrected chi connectivity index (χ3v) is 4.33. The number of carbonyl (C=O) groups is 2. The molecule has 0 saturated carbocycles. The molecule has 1 saturated heterocycles. The topological polar surface area (TPSA) is 72.2 Å².